The van der Waals surface area contributed by atoms with Gasteiger partial charge in [0.15, 0.2) is 11.4 Å². The number of carboxylic acid groups (broad SMARTS) is 1. The van der Waals surface area contributed by atoms with Crippen molar-refractivity contribution >= 4 is 29.5 Å². The van der Waals surface area contributed by atoms with Crippen molar-refractivity contribution in [2.45, 2.75) is 24.9 Å². The number of benzene rings is 1. The van der Waals surface area contributed by atoms with Crippen LogP contribution in [0.3, 0.4) is 0 Å². The second-order valence-corrected chi connectivity index (χ2v) is 7.85. The maximum atomic E-state index is 13.6. The molecule has 0 saturated heterocycles. The fraction of sp³-hybridized carbons (Fsp3) is 0.217. The zero-order chi connectivity index (χ0) is 24.7. The fourth-order valence-corrected chi connectivity index (χ4v) is 3.91. The highest BCUT2D eigenvalue weighted by atomic mass is 32.2. The van der Waals surface area contributed by atoms with E-state index in [0.29, 0.717) is 33.5 Å². The monoisotopic (exact) mass is 486 g/mol. The van der Waals surface area contributed by atoms with Gasteiger partial charge in [-0.3, -0.25) is 4.79 Å². The average molecular weight is 487 g/mol. The van der Waals surface area contributed by atoms with Crippen molar-refractivity contribution in [1.82, 2.24) is 14.5 Å². The van der Waals surface area contributed by atoms with E-state index in [-0.39, 0.29) is 18.3 Å². The molecule has 2 N–H and O–H groups in total. The minimum absolute atomic E-state index is 0.220. The molecule has 0 aliphatic carbocycles. The van der Waals surface area contributed by atoms with E-state index in [0.717, 1.165) is 17.8 Å². The molecule has 0 aliphatic heterocycles. The zero-order valence-corrected chi connectivity index (χ0v) is 19.5. The number of pyridine rings is 1. The molecule has 0 aliphatic rings. The number of aliphatic carboxylic acids is 1. The van der Waals surface area contributed by atoms with Crippen LogP contribution in [-0.4, -0.2) is 52.0 Å². The second kappa shape index (κ2) is 11.5. The maximum Gasteiger partial charge on any atom is 0.328 e. The van der Waals surface area contributed by atoms with Crippen molar-refractivity contribution in [3.63, 3.8) is 0 Å². The van der Waals surface area contributed by atoms with E-state index in [4.69, 9.17) is 19.6 Å². The third kappa shape index (κ3) is 6.28. The number of nitrogens with zero attached hydrogens (tertiary/aromatic N) is 3. The van der Waals surface area contributed by atoms with Crippen LogP contribution in [-0.2, 0) is 25.6 Å². The summed E-state index contributed by atoms with van der Waals surface area (Å²) in [7, 11) is 3.01. The number of carbonyl (C=O) groups is 2. The summed E-state index contributed by atoms with van der Waals surface area (Å²) >= 11 is 1.10. The van der Waals surface area contributed by atoms with Gasteiger partial charge in [0.2, 0.25) is 5.91 Å². The highest BCUT2D eigenvalue weighted by Crippen LogP contribution is 2.37. The van der Waals surface area contributed by atoms with Gasteiger partial charge in [0.05, 0.1) is 17.9 Å². The average Bonchev–Trinajstić information content (AvgIpc) is 3.15. The number of carboxylic acids is 1. The highest BCUT2D eigenvalue weighted by molar-refractivity contribution is 8.02. The Morgan fingerprint density at radius 2 is 1.91 bits per heavy atom. The molecule has 1 aromatic carbocycles. The number of imidazole rings is 1. The van der Waals surface area contributed by atoms with Crippen LogP contribution in [0.1, 0.15) is 6.92 Å². The SMILES string of the molecule is COC(Cn1c(S/C=C/C(=O)O)nc(-c2ccc(F)cc2)c1-c1ccnc(NC(C)=O)c1)OC. The number of nitrogens with one attached hydrogen (secondary N) is 1. The Bertz CT molecular complexity index is 1190. The number of halogens is 1. The molecular formula is C23H23FN4O5S. The molecule has 2 heterocycles. The van der Waals surface area contributed by atoms with Crippen molar-refractivity contribution < 1.29 is 28.6 Å². The predicted octanol–water partition coefficient (Wildman–Crippen LogP) is 4.02. The summed E-state index contributed by atoms with van der Waals surface area (Å²) in [6.45, 7) is 1.60. The summed E-state index contributed by atoms with van der Waals surface area (Å²) in [5, 5.41) is 13.5. The van der Waals surface area contributed by atoms with Crippen LogP contribution in [0.4, 0.5) is 10.2 Å². The van der Waals surface area contributed by atoms with Gasteiger partial charge in [-0.15, -0.1) is 0 Å². The molecule has 3 rings (SSSR count). The summed E-state index contributed by atoms with van der Waals surface area (Å²) in [5.41, 5.74) is 2.47. The summed E-state index contributed by atoms with van der Waals surface area (Å²) < 4.78 is 26.2. The van der Waals surface area contributed by atoms with Gasteiger partial charge in [-0.05, 0) is 41.8 Å². The minimum Gasteiger partial charge on any atom is -0.478 e. The van der Waals surface area contributed by atoms with E-state index in [2.05, 4.69) is 10.3 Å². The number of amides is 1. The standard InChI is InChI=1S/C23H23FN4O5S/c1-14(29)26-18-12-16(8-10-25-18)22-21(15-4-6-17(24)7-5-15)27-23(34-11-9-19(30)31)28(22)13-20(32-2)33-3/h4-12,20H,13H2,1-3H3,(H,30,31)(H,25,26,29)/b11-9+. The zero-order valence-electron chi connectivity index (χ0n) is 18.7. The summed E-state index contributed by atoms with van der Waals surface area (Å²) in [6, 6.07) is 9.32. The van der Waals surface area contributed by atoms with Crippen molar-refractivity contribution in [2.24, 2.45) is 0 Å². The predicted molar refractivity (Wildman–Crippen MR) is 126 cm³/mol. The first-order valence-electron chi connectivity index (χ1n) is 10.0. The number of aromatic nitrogens is 3. The molecule has 0 atom stereocenters. The lowest BCUT2D eigenvalue weighted by Gasteiger charge is -2.18. The van der Waals surface area contributed by atoms with Crippen molar-refractivity contribution in [1.29, 1.82) is 0 Å². The number of anilines is 1. The van der Waals surface area contributed by atoms with Crippen LogP contribution in [0.25, 0.3) is 22.5 Å². The lowest BCUT2D eigenvalue weighted by atomic mass is 10.1. The smallest absolute Gasteiger partial charge is 0.328 e. The van der Waals surface area contributed by atoms with E-state index >= 15 is 0 Å². The van der Waals surface area contributed by atoms with E-state index in [1.54, 1.807) is 30.5 Å². The van der Waals surface area contributed by atoms with Gasteiger partial charge in [-0.1, -0.05) is 11.8 Å². The molecule has 34 heavy (non-hydrogen) atoms. The minimum atomic E-state index is -1.09. The van der Waals surface area contributed by atoms with Crippen LogP contribution >= 0.6 is 11.8 Å². The van der Waals surface area contributed by atoms with Gasteiger partial charge >= 0.3 is 5.97 Å². The molecule has 2 aromatic heterocycles. The van der Waals surface area contributed by atoms with Gasteiger partial charge in [0.25, 0.3) is 0 Å². The Labute approximate surface area is 199 Å². The largest absolute Gasteiger partial charge is 0.478 e. The molecule has 0 bridgehead atoms. The third-order valence-corrected chi connectivity index (χ3v) is 5.42. The molecule has 9 nitrogen and oxygen atoms in total. The second-order valence-electron chi connectivity index (χ2n) is 6.98. The van der Waals surface area contributed by atoms with Crippen molar-refractivity contribution in [3.05, 3.63) is 59.9 Å². The third-order valence-electron chi connectivity index (χ3n) is 4.63. The van der Waals surface area contributed by atoms with E-state index in [1.165, 1.54) is 38.7 Å². The van der Waals surface area contributed by atoms with Crippen LogP contribution in [0.2, 0.25) is 0 Å². The molecular weight excluding hydrogens is 463 g/mol. The molecule has 0 radical (unpaired) electrons. The van der Waals surface area contributed by atoms with Crippen LogP contribution in [0.5, 0.6) is 0 Å². The van der Waals surface area contributed by atoms with E-state index in [1.807, 2.05) is 4.57 Å². The Morgan fingerprint density at radius 1 is 1.21 bits per heavy atom. The van der Waals surface area contributed by atoms with Crippen LogP contribution in [0, 0.1) is 5.82 Å². The Balaban J connectivity index is 2.25. The van der Waals surface area contributed by atoms with Crippen molar-refractivity contribution in [2.75, 3.05) is 19.5 Å². The Kier molecular flexibility index (Phi) is 8.52. The lowest BCUT2D eigenvalue weighted by Crippen LogP contribution is -2.21. The van der Waals surface area contributed by atoms with Gasteiger partial charge in [-0.2, -0.15) is 0 Å². The quantitative estimate of drug-likeness (QED) is 0.251. The van der Waals surface area contributed by atoms with Crippen LogP contribution < -0.4 is 5.32 Å². The first-order chi connectivity index (χ1) is 16.3. The molecule has 11 heteroatoms. The molecule has 0 fully saturated rings. The number of thioether (sulfide) groups is 1. The molecule has 0 spiro atoms. The fourth-order valence-electron chi connectivity index (χ4n) is 3.17. The topological polar surface area (TPSA) is 116 Å². The molecule has 0 saturated carbocycles. The maximum absolute atomic E-state index is 13.6. The summed E-state index contributed by atoms with van der Waals surface area (Å²) in [4.78, 5) is 31.4. The summed E-state index contributed by atoms with van der Waals surface area (Å²) in [6.07, 6.45) is 1.92. The van der Waals surface area contributed by atoms with Crippen LogP contribution in [0.15, 0.2) is 59.2 Å². The van der Waals surface area contributed by atoms with Gasteiger partial charge in [-0.25, -0.2) is 19.2 Å². The van der Waals surface area contributed by atoms with E-state index in [9.17, 15) is 14.0 Å². The lowest BCUT2D eigenvalue weighted by molar-refractivity contribution is -0.131. The number of carbonyl (C=O) groups excluding carboxylic acids is 1. The first kappa shape index (κ1) is 25.1. The molecule has 178 valence electrons. The Morgan fingerprint density at radius 3 is 2.53 bits per heavy atom. The van der Waals surface area contributed by atoms with Gasteiger partial charge < -0.3 is 24.5 Å². The summed E-state index contributed by atoms with van der Waals surface area (Å²) in [5.74, 6) is -1.41. The first-order valence-corrected chi connectivity index (χ1v) is 10.9. The number of hydrogen-bond donors (Lipinski definition) is 2. The normalized spacial score (nSPS) is 11.3. The molecule has 0 unspecified atom stereocenters. The molecule has 3 aromatic rings. The number of methoxy groups -OCH3 is 2. The molecule has 1 amide bonds. The highest BCUT2D eigenvalue weighted by Gasteiger charge is 2.23. The number of hydrogen-bond acceptors (Lipinski definition) is 7. The van der Waals surface area contributed by atoms with Gasteiger partial charge in [0.1, 0.15) is 11.6 Å². The van der Waals surface area contributed by atoms with Crippen molar-refractivity contribution in [3.8, 4) is 22.5 Å². The van der Waals surface area contributed by atoms with Gasteiger partial charge in [0, 0.05) is 44.5 Å². The van der Waals surface area contributed by atoms with E-state index < -0.39 is 12.3 Å². The number of ether oxygens (including phenoxy) is 2. The Hall–Kier alpha value is -3.54. The number of rotatable bonds is 10.